The van der Waals surface area contributed by atoms with Gasteiger partial charge in [-0.3, -0.25) is 0 Å². The molecule has 1 atom stereocenters. The summed E-state index contributed by atoms with van der Waals surface area (Å²) in [4.78, 5) is 0. The molecule has 14 heavy (non-hydrogen) atoms. The predicted molar refractivity (Wildman–Crippen MR) is 57.4 cm³/mol. The molecule has 1 heterocycles. The van der Waals surface area contributed by atoms with Crippen molar-refractivity contribution >= 4 is 0 Å². The number of nitrogens with two attached hydrogens (primary N) is 1. The lowest BCUT2D eigenvalue weighted by atomic mass is 9.89. The van der Waals surface area contributed by atoms with Crippen LogP contribution in [-0.4, -0.2) is 5.60 Å². The molecule has 2 heteroatoms. The fourth-order valence-electron chi connectivity index (χ4n) is 2.06. The van der Waals surface area contributed by atoms with Gasteiger partial charge in [0.1, 0.15) is 11.4 Å². The van der Waals surface area contributed by atoms with E-state index in [1.54, 1.807) is 0 Å². The summed E-state index contributed by atoms with van der Waals surface area (Å²) in [6, 6.07) is 6.26. The van der Waals surface area contributed by atoms with Crippen molar-refractivity contribution in [2.24, 2.45) is 5.73 Å². The largest absolute Gasteiger partial charge is 0.487 e. The Morgan fingerprint density at radius 3 is 2.86 bits per heavy atom. The van der Waals surface area contributed by atoms with Crippen LogP contribution in [0.25, 0.3) is 0 Å². The highest BCUT2D eigenvalue weighted by molar-refractivity contribution is 5.44. The second kappa shape index (κ2) is 2.99. The third kappa shape index (κ3) is 1.50. The zero-order valence-corrected chi connectivity index (χ0v) is 9.00. The van der Waals surface area contributed by atoms with E-state index in [0.29, 0.717) is 0 Å². The molecule has 0 saturated heterocycles. The molecule has 2 nitrogen and oxygen atoms in total. The molecule has 2 N–H and O–H groups in total. The Bertz CT molecular complexity index is 357. The first-order valence-corrected chi connectivity index (χ1v) is 5.04. The van der Waals surface area contributed by atoms with Crippen molar-refractivity contribution in [1.82, 2.24) is 0 Å². The van der Waals surface area contributed by atoms with Crippen LogP contribution in [0.4, 0.5) is 0 Å². The minimum Gasteiger partial charge on any atom is -0.487 e. The van der Waals surface area contributed by atoms with E-state index in [4.69, 9.17) is 10.5 Å². The van der Waals surface area contributed by atoms with Crippen LogP contribution in [0.15, 0.2) is 18.2 Å². The molecule has 1 aromatic rings. The molecule has 1 aliphatic heterocycles. The van der Waals surface area contributed by atoms with Gasteiger partial charge >= 0.3 is 0 Å². The second-order valence-electron chi connectivity index (χ2n) is 4.67. The quantitative estimate of drug-likeness (QED) is 0.684. The summed E-state index contributed by atoms with van der Waals surface area (Å²) < 4.78 is 5.94. The van der Waals surface area contributed by atoms with E-state index in [1.807, 2.05) is 6.07 Å². The van der Waals surface area contributed by atoms with Gasteiger partial charge in [-0.2, -0.15) is 0 Å². The van der Waals surface area contributed by atoms with Gasteiger partial charge in [0.2, 0.25) is 0 Å². The molecule has 1 aliphatic rings. The minimum atomic E-state index is -0.140. The van der Waals surface area contributed by atoms with Crippen LogP contribution in [0.3, 0.4) is 0 Å². The van der Waals surface area contributed by atoms with Crippen molar-refractivity contribution in [2.75, 3.05) is 0 Å². The summed E-state index contributed by atoms with van der Waals surface area (Å²) in [7, 11) is 0. The molecule has 0 saturated carbocycles. The molecule has 0 amide bonds. The Morgan fingerprint density at radius 2 is 2.14 bits per heavy atom. The van der Waals surface area contributed by atoms with E-state index in [9.17, 15) is 0 Å². The van der Waals surface area contributed by atoms with Gasteiger partial charge in [-0.15, -0.1) is 0 Å². The van der Waals surface area contributed by atoms with Crippen LogP contribution in [0, 0.1) is 6.92 Å². The Kier molecular flexibility index (Phi) is 2.04. The maximum Gasteiger partial charge on any atom is 0.127 e. The van der Waals surface area contributed by atoms with Gasteiger partial charge in [0.05, 0.1) is 0 Å². The first kappa shape index (κ1) is 9.53. The van der Waals surface area contributed by atoms with E-state index in [1.165, 1.54) is 5.56 Å². The zero-order chi connectivity index (χ0) is 10.3. The molecule has 0 unspecified atom stereocenters. The lowest BCUT2D eigenvalue weighted by Gasteiger charge is -2.36. The maximum absolute atomic E-state index is 6.11. The minimum absolute atomic E-state index is 0.105. The smallest absolute Gasteiger partial charge is 0.127 e. The Morgan fingerprint density at radius 1 is 1.43 bits per heavy atom. The molecule has 0 radical (unpaired) electrons. The third-order valence-electron chi connectivity index (χ3n) is 2.73. The van der Waals surface area contributed by atoms with Gasteiger partial charge in [0.25, 0.3) is 0 Å². The molecular weight excluding hydrogens is 174 g/mol. The van der Waals surface area contributed by atoms with Gasteiger partial charge in [-0.05, 0) is 26.3 Å². The Balaban J connectivity index is 2.51. The predicted octanol–water partition coefficient (Wildman–Crippen LogP) is 2.56. The highest BCUT2D eigenvalue weighted by atomic mass is 16.5. The van der Waals surface area contributed by atoms with Gasteiger partial charge in [0.15, 0.2) is 0 Å². The molecule has 1 aromatic carbocycles. The van der Waals surface area contributed by atoms with E-state index < -0.39 is 0 Å². The Hall–Kier alpha value is -1.02. The number of fused-ring (bicyclic) bond motifs is 1. The average molecular weight is 191 g/mol. The molecule has 2 rings (SSSR count). The highest BCUT2D eigenvalue weighted by Crippen LogP contribution is 2.39. The molecule has 0 bridgehead atoms. The van der Waals surface area contributed by atoms with Crippen molar-refractivity contribution in [1.29, 1.82) is 0 Å². The van der Waals surface area contributed by atoms with Crippen molar-refractivity contribution < 1.29 is 4.74 Å². The summed E-state index contributed by atoms with van der Waals surface area (Å²) in [5.74, 6) is 0.983. The molecule has 0 fully saturated rings. The first-order chi connectivity index (χ1) is 6.49. The van der Waals surface area contributed by atoms with Gasteiger partial charge in [-0.1, -0.05) is 18.2 Å². The molecule has 76 valence electrons. The average Bonchev–Trinajstić information content (AvgIpc) is 2.05. The molecule has 0 aromatic heterocycles. The van der Waals surface area contributed by atoms with E-state index in [-0.39, 0.29) is 11.6 Å². The molecule has 0 aliphatic carbocycles. The first-order valence-electron chi connectivity index (χ1n) is 5.04. The van der Waals surface area contributed by atoms with Crippen LogP contribution < -0.4 is 10.5 Å². The lowest BCUT2D eigenvalue weighted by Crippen LogP contribution is -2.37. The lowest BCUT2D eigenvalue weighted by molar-refractivity contribution is 0.0719. The summed E-state index contributed by atoms with van der Waals surface area (Å²) in [6.45, 7) is 6.23. The van der Waals surface area contributed by atoms with Crippen LogP contribution in [0.5, 0.6) is 5.75 Å². The highest BCUT2D eigenvalue weighted by Gasteiger charge is 2.32. The molecular formula is C12H17NO. The second-order valence-corrected chi connectivity index (χ2v) is 4.67. The number of hydrogen-bond donors (Lipinski definition) is 1. The van der Waals surface area contributed by atoms with E-state index in [0.717, 1.165) is 17.7 Å². The number of benzene rings is 1. The summed E-state index contributed by atoms with van der Waals surface area (Å²) >= 11 is 0. The molecule has 0 spiro atoms. The van der Waals surface area contributed by atoms with Gasteiger partial charge in [-0.25, -0.2) is 0 Å². The van der Waals surface area contributed by atoms with Crippen molar-refractivity contribution in [2.45, 2.75) is 38.8 Å². The van der Waals surface area contributed by atoms with Crippen molar-refractivity contribution in [3.05, 3.63) is 29.3 Å². The fourth-order valence-corrected chi connectivity index (χ4v) is 2.06. The third-order valence-corrected chi connectivity index (χ3v) is 2.73. The number of rotatable bonds is 0. The topological polar surface area (TPSA) is 35.2 Å². The monoisotopic (exact) mass is 191 g/mol. The van der Waals surface area contributed by atoms with Crippen LogP contribution >= 0.6 is 0 Å². The maximum atomic E-state index is 6.11. The fraction of sp³-hybridized carbons (Fsp3) is 0.500. The standard InChI is InChI=1S/C12H17NO/c1-8-5-4-6-9-10(13)7-12(2,3)14-11(8)9/h4-6,10H,7,13H2,1-3H3/t10-/m1/s1. The number of hydrogen-bond acceptors (Lipinski definition) is 2. The summed E-state index contributed by atoms with van der Waals surface area (Å²) in [5.41, 5.74) is 8.29. The number of para-hydroxylation sites is 1. The van der Waals surface area contributed by atoms with Gasteiger partial charge < -0.3 is 10.5 Å². The van der Waals surface area contributed by atoms with Crippen molar-refractivity contribution in [3.63, 3.8) is 0 Å². The van der Waals surface area contributed by atoms with Gasteiger partial charge in [0, 0.05) is 18.0 Å². The summed E-state index contributed by atoms with van der Waals surface area (Å²) in [5, 5.41) is 0. The van der Waals surface area contributed by atoms with Crippen LogP contribution in [0.1, 0.15) is 37.4 Å². The zero-order valence-electron chi connectivity index (χ0n) is 9.00. The van der Waals surface area contributed by atoms with Crippen molar-refractivity contribution in [3.8, 4) is 5.75 Å². The number of ether oxygens (including phenoxy) is 1. The van der Waals surface area contributed by atoms with E-state index >= 15 is 0 Å². The van der Waals surface area contributed by atoms with Crippen LogP contribution in [0.2, 0.25) is 0 Å². The Labute approximate surface area is 85.1 Å². The summed E-state index contributed by atoms with van der Waals surface area (Å²) in [6.07, 6.45) is 0.878. The van der Waals surface area contributed by atoms with E-state index in [2.05, 4.69) is 32.9 Å². The SMILES string of the molecule is Cc1cccc2c1OC(C)(C)C[C@H]2N. The van der Waals surface area contributed by atoms with Crippen LogP contribution in [-0.2, 0) is 0 Å². The normalized spacial score (nSPS) is 23.9. The number of aryl methyl sites for hydroxylation is 1.